The highest BCUT2D eigenvalue weighted by Crippen LogP contribution is 2.37. The van der Waals surface area contributed by atoms with E-state index in [0.717, 1.165) is 17.6 Å². The van der Waals surface area contributed by atoms with Crippen molar-refractivity contribution in [2.24, 2.45) is 0 Å². The number of aromatic nitrogens is 14. The van der Waals surface area contributed by atoms with Crippen molar-refractivity contribution in [3.05, 3.63) is 212 Å². The maximum absolute atomic E-state index is 13.4. The summed E-state index contributed by atoms with van der Waals surface area (Å²) >= 11 is 4.25. The van der Waals surface area contributed by atoms with Crippen molar-refractivity contribution in [3.8, 4) is 67.5 Å². The van der Waals surface area contributed by atoms with Gasteiger partial charge in [0.2, 0.25) is 20.9 Å². The second-order valence-electron chi connectivity index (χ2n) is 27.5. The minimum Gasteiger partial charge on any atom is -0.303 e. The molecule has 4 unspecified atom stereocenters. The van der Waals surface area contributed by atoms with Crippen molar-refractivity contribution in [2.75, 3.05) is 94.5 Å². The third kappa shape index (κ3) is 17.4. The van der Waals surface area contributed by atoms with Gasteiger partial charge in [0, 0.05) is 55.2 Å². The van der Waals surface area contributed by atoms with Gasteiger partial charge in [-0.05, 0) is 170 Å². The van der Waals surface area contributed by atoms with Gasteiger partial charge in [0.05, 0.1) is 110 Å². The minimum absolute atomic E-state index is 0.0166. The minimum atomic E-state index is -3.62. The first kappa shape index (κ1) is 80.3. The maximum Gasteiger partial charge on any atom is 0.291 e. The number of carbonyl (C=O) groups is 2. The lowest BCUT2D eigenvalue weighted by Gasteiger charge is -2.27. The van der Waals surface area contributed by atoms with Crippen molar-refractivity contribution in [2.45, 2.75) is 90.5 Å². The summed E-state index contributed by atoms with van der Waals surface area (Å²) in [4.78, 5) is 108. The van der Waals surface area contributed by atoms with Crippen LogP contribution in [0.4, 0.5) is 17.6 Å². The lowest BCUT2D eigenvalue weighted by atomic mass is 10.0. The van der Waals surface area contributed by atoms with Gasteiger partial charge in [-0.3, -0.25) is 38.0 Å². The summed E-state index contributed by atoms with van der Waals surface area (Å²) in [6, 6.07) is 30.9. The SMILES string of the molecule is CN(C)C1Cn2c(-c3ccnc(S(C)(=O)=O)n3)c(-c3ccc(F)cc3)c(=O)n2C1.CSc1nccc(-c2c(-c3ccc(F)cc3)c(=O)n3n2CC(N(C)C)C3)n1.CSc1nccc(-c2c(-c3ccc(F)cc3)c(=O)n3n2CC(N(C)C)C3)n1.CSc1nccc(C(=O)N2CC(N(C)C)CN2C(=O)Cc2ccc(F)cc2)n1. The molecule has 0 saturated carbocycles. The standard InChI is InChI=1S/C19H20FN5O3S.C19H22FN5O2S.2C19H20FN5OS/c1-23(2)14-10-24-17(15-8-9-21-19(22-15)29(3,27)28)16(18(26)25(24)11-14)12-4-6-13(20)7-5-12;1-23(2)15-11-24(17(26)10-13-4-6-14(20)7-5-13)25(12-15)18(27)16-8-9-21-19(22-16)28-3;2*1-23(2)14-10-24-17(15-8-9-21-19(22-15)27-3)16(18(26)25(24)11-14)12-4-6-13(20)7-5-12/h4-9,14H,10-11H2,1-3H3;4-9,15H,10-12H2,1-3H3;2*4-9,14H,10-11H2,1-3H3. The normalized spacial score (nSPS) is 16.3. The summed E-state index contributed by atoms with van der Waals surface area (Å²) in [5.41, 5.74) is 7.69. The second-order valence-corrected chi connectivity index (χ2v) is 31.7. The molecule has 4 atom stereocenters. The van der Waals surface area contributed by atoms with Crippen LogP contribution in [-0.2, 0) is 60.3 Å². The van der Waals surface area contributed by atoms with Crippen LogP contribution in [0.25, 0.3) is 67.5 Å². The Labute approximate surface area is 650 Å². The van der Waals surface area contributed by atoms with Gasteiger partial charge in [-0.15, -0.1) is 0 Å². The van der Waals surface area contributed by atoms with Gasteiger partial charge in [0.25, 0.3) is 22.6 Å². The Morgan fingerprint density at radius 1 is 0.405 bits per heavy atom. The number of hydrogen-bond acceptors (Lipinski definition) is 22. The molecule has 15 rings (SSSR count). The molecule has 1 saturated heterocycles. The van der Waals surface area contributed by atoms with Crippen LogP contribution in [-0.4, -0.2) is 236 Å². The number of benzene rings is 4. The van der Waals surface area contributed by atoms with E-state index in [0.29, 0.717) is 130 Å². The first-order chi connectivity index (χ1) is 53.0. The molecular formula is C76H82F4N20O7S4. The van der Waals surface area contributed by atoms with Gasteiger partial charge in [-0.2, -0.15) is 0 Å². The van der Waals surface area contributed by atoms with E-state index >= 15 is 0 Å². The largest absolute Gasteiger partial charge is 0.303 e. The molecule has 11 aromatic rings. The monoisotopic (exact) mass is 1590 g/mol. The van der Waals surface area contributed by atoms with Crippen molar-refractivity contribution in [1.82, 2.24) is 97.6 Å². The molecule has 111 heavy (non-hydrogen) atoms. The Morgan fingerprint density at radius 3 is 1.06 bits per heavy atom. The smallest absolute Gasteiger partial charge is 0.291 e. The van der Waals surface area contributed by atoms with E-state index < -0.39 is 15.7 Å². The van der Waals surface area contributed by atoms with Crippen LogP contribution in [0.2, 0.25) is 0 Å². The van der Waals surface area contributed by atoms with E-state index in [-0.39, 0.29) is 87.4 Å². The van der Waals surface area contributed by atoms with Gasteiger partial charge in [-0.25, -0.2) is 89.9 Å². The molecule has 1 fully saturated rings. The first-order valence-electron chi connectivity index (χ1n) is 35.0. The maximum atomic E-state index is 13.4. The molecule has 35 heteroatoms. The van der Waals surface area contributed by atoms with Crippen LogP contribution in [0.1, 0.15) is 16.1 Å². The van der Waals surface area contributed by atoms with E-state index in [4.69, 9.17) is 0 Å². The Morgan fingerprint density at radius 2 is 0.712 bits per heavy atom. The quantitative estimate of drug-likeness (QED) is 0.0473. The number of thioether (sulfide) groups is 3. The number of carbonyl (C=O) groups excluding carboxylic acids is 2. The Balaban J connectivity index is 0.000000138. The van der Waals surface area contributed by atoms with E-state index in [9.17, 15) is 50.0 Å². The molecule has 0 aliphatic carbocycles. The molecule has 7 aromatic heterocycles. The summed E-state index contributed by atoms with van der Waals surface area (Å²) < 4.78 is 88.2. The van der Waals surface area contributed by atoms with Gasteiger partial charge >= 0.3 is 0 Å². The Hall–Kier alpha value is -10.3. The number of sulfone groups is 1. The van der Waals surface area contributed by atoms with Gasteiger partial charge < -0.3 is 19.6 Å². The predicted octanol–water partition coefficient (Wildman–Crippen LogP) is 8.13. The number of rotatable bonds is 17. The second kappa shape index (κ2) is 34.1. The van der Waals surface area contributed by atoms with Crippen LogP contribution >= 0.6 is 35.3 Å². The summed E-state index contributed by atoms with van der Waals surface area (Å²) in [6.07, 6.45) is 13.1. The van der Waals surface area contributed by atoms with E-state index in [1.807, 2.05) is 111 Å². The molecule has 0 bridgehead atoms. The zero-order valence-corrected chi connectivity index (χ0v) is 66.2. The van der Waals surface area contributed by atoms with E-state index in [2.05, 4.69) is 49.7 Å². The topological polar surface area (TPSA) is 272 Å². The van der Waals surface area contributed by atoms with E-state index in [1.165, 1.54) is 118 Å². The molecule has 4 aromatic carbocycles. The average molecular weight is 1590 g/mol. The summed E-state index contributed by atoms with van der Waals surface area (Å²) in [5.74, 6) is -1.97. The highest BCUT2D eigenvalue weighted by molar-refractivity contribution is 7.98. The Bertz CT molecular complexity index is 5370. The molecule has 27 nitrogen and oxygen atoms in total. The number of amides is 2. The molecule has 4 aliphatic heterocycles. The van der Waals surface area contributed by atoms with Crippen LogP contribution < -0.4 is 16.7 Å². The van der Waals surface area contributed by atoms with Crippen molar-refractivity contribution in [3.63, 3.8) is 0 Å². The zero-order valence-electron chi connectivity index (χ0n) is 63.0. The highest BCUT2D eigenvalue weighted by atomic mass is 32.2. The molecule has 580 valence electrons. The number of hydrazine groups is 1. The van der Waals surface area contributed by atoms with Crippen LogP contribution in [0.5, 0.6) is 0 Å². The molecular weight excluding hydrogens is 1510 g/mol. The van der Waals surface area contributed by atoms with E-state index in [1.54, 1.807) is 75.0 Å². The summed E-state index contributed by atoms with van der Waals surface area (Å²) in [5, 5.41) is 4.40. The zero-order chi connectivity index (χ0) is 79.4. The highest BCUT2D eigenvalue weighted by Gasteiger charge is 2.40. The van der Waals surface area contributed by atoms with Crippen LogP contribution in [0.3, 0.4) is 0 Å². The fourth-order valence-electron chi connectivity index (χ4n) is 13.4. The summed E-state index contributed by atoms with van der Waals surface area (Å²) in [6.45, 7) is 4.43. The van der Waals surface area contributed by atoms with Gasteiger partial charge in [0.1, 0.15) is 29.0 Å². The van der Waals surface area contributed by atoms with Crippen LogP contribution in [0, 0.1) is 23.3 Å². The number of nitrogens with zero attached hydrogens (tertiary/aromatic N) is 20. The van der Waals surface area contributed by atoms with Crippen LogP contribution in [0.15, 0.2) is 181 Å². The fraction of sp³-hybridized carbons (Fsp3) is 0.329. The molecule has 0 radical (unpaired) electrons. The molecule has 2 amide bonds. The molecule has 0 N–H and O–H groups in total. The fourth-order valence-corrected chi connectivity index (χ4v) is 15.0. The number of hydrogen-bond donors (Lipinski definition) is 0. The van der Waals surface area contributed by atoms with Crippen molar-refractivity contribution in [1.29, 1.82) is 0 Å². The Kier molecular flexibility index (Phi) is 24.7. The third-order valence-corrected chi connectivity index (χ3v) is 22.1. The van der Waals surface area contributed by atoms with Gasteiger partial charge in [-0.1, -0.05) is 83.8 Å². The number of likely N-dealkylation sites (N-methyl/N-ethyl adjacent to an activating group) is 4. The predicted molar refractivity (Wildman–Crippen MR) is 419 cm³/mol. The molecule has 11 heterocycles. The summed E-state index contributed by atoms with van der Waals surface area (Å²) in [7, 11) is 12.1. The lowest BCUT2D eigenvalue weighted by Crippen LogP contribution is -2.45. The first-order valence-corrected chi connectivity index (χ1v) is 40.6. The number of halogens is 4. The van der Waals surface area contributed by atoms with Gasteiger partial charge in [0.15, 0.2) is 15.5 Å². The molecule has 4 aliphatic rings. The average Bonchev–Trinajstić information content (AvgIpc) is 1.60. The molecule has 0 spiro atoms. The number of fused-ring (bicyclic) bond motifs is 3. The van der Waals surface area contributed by atoms with Crippen molar-refractivity contribution >= 4 is 56.9 Å². The third-order valence-electron chi connectivity index (χ3n) is 19.5. The lowest BCUT2D eigenvalue weighted by molar-refractivity contribution is -0.139. The van der Waals surface area contributed by atoms with Crippen molar-refractivity contribution < 1.29 is 35.6 Å².